The van der Waals surface area contributed by atoms with Crippen molar-refractivity contribution in [2.75, 3.05) is 0 Å². The fraction of sp³-hybridized carbons (Fsp3) is 0.188. The van der Waals surface area contributed by atoms with Gasteiger partial charge < -0.3 is 21.2 Å². The average molecular weight is 315 g/mol. The molecular formula is C16H17N3O4. The van der Waals surface area contributed by atoms with Crippen molar-refractivity contribution in [3.63, 3.8) is 0 Å². The molecule has 0 atom stereocenters. The summed E-state index contributed by atoms with van der Waals surface area (Å²) in [7, 11) is 0. The van der Waals surface area contributed by atoms with Gasteiger partial charge in [-0.1, -0.05) is 25.1 Å². The maximum Gasteiger partial charge on any atom is 0.249 e. The molecule has 1 heterocycles. The van der Waals surface area contributed by atoms with Gasteiger partial charge in [-0.2, -0.15) is 0 Å². The molecule has 7 heteroatoms. The Morgan fingerprint density at radius 3 is 2.48 bits per heavy atom. The van der Waals surface area contributed by atoms with Gasteiger partial charge in [-0.05, 0) is 12.1 Å². The van der Waals surface area contributed by atoms with E-state index in [-0.39, 0.29) is 0 Å². The number of furan rings is 1. The van der Waals surface area contributed by atoms with Crippen LogP contribution in [-0.4, -0.2) is 23.8 Å². The summed E-state index contributed by atoms with van der Waals surface area (Å²) < 4.78 is 5.71. The molecule has 1 aromatic heterocycles. The molecule has 3 amide bonds. The van der Waals surface area contributed by atoms with Crippen LogP contribution in [0, 0.1) is 0 Å². The van der Waals surface area contributed by atoms with Gasteiger partial charge in [0.15, 0.2) is 6.04 Å². The highest BCUT2D eigenvalue weighted by Gasteiger charge is 2.22. The first-order valence-electron chi connectivity index (χ1n) is 7.01. The first-order chi connectivity index (χ1) is 10.9. The van der Waals surface area contributed by atoms with Crippen LogP contribution in [0.5, 0.6) is 0 Å². The predicted molar refractivity (Wildman–Crippen MR) is 84.9 cm³/mol. The van der Waals surface area contributed by atoms with Crippen LogP contribution in [0.15, 0.2) is 34.8 Å². The van der Waals surface area contributed by atoms with Gasteiger partial charge in [-0.25, -0.2) is 0 Å². The van der Waals surface area contributed by atoms with E-state index < -0.39 is 23.8 Å². The third-order valence-corrected chi connectivity index (χ3v) is 3.29. The molecule has 0 bridgehead atoms. The number of primary amides is 2. The fourth-order valence-electron chi connectivity index (χ4n) is 2.19. The first kappa shape index (κ1) is 16.3. The van der Waals surface area contributed by atoms with Gasteiger partial charge in [0.1, 0.15) is 11.3 Å². The molecule has 2 aromatic rings. The second-order valence-electron chi connectivity index (χ2n) is 4.87. The molecule has 0 radical (unpaired) electrons. The van der Waals surface area contributed by atoms with E-state index >= 15 is 0 Å². The van der Waals surface area contributed by atoms with Crippen LogP contribution >= 0.6 is 0 Å². The summed E-state index contributed by atoms with van der Waals surface area (Å²) in [6.45, 7) is 1.94. The fourth-order valence-corrected chi connectivity index (χ4v) is 2.19. The number of rotatable bonds is 6. The van der Waals surface area contributed by atoms with E-state index in [1.165, 1.54) is 6.08 Å². The minimum absolute atomic E-state index is 0.653. The van der Waals surface area contributed by atoms with Crippen LogP contribution < -0.4 is 16.8 Å². The van der Waals surface area contributed by atoms with E-state index in [0.29, 0.717) is 6.42 Å². The molecule has 0 saturated carbocycles. The van der Waals surface area contributed by atoms with Gasteiger partial charge in [0.05, 0.1) is 0 Å². The largest absolute Gasteiger partial charge is 0.460 e. The van der Waals surface area contributed by atoms with E-state index in [1.807, 2.05) is 31.2 Å². The maximum absolute atomic E-state index is 11.8. The van der Waals surface area contributed by atoms with Crippen LogP contribution in [-0.2, 0) is 20.8 Å². The monoisotopic (exact) mass is 315 g/mol. The zero-order valence-corrected chi connectivity index (χ0v) is 12.5. The summed E-state index contributed by atoms with van der Waals surface area (Å²) in [5.41, 5.74) is 11.5. The second kappa shape index (κ2) is 6.78. The lowest BCUT2D eigenvalue weighted by Crippen LogP contribution is -2.52. The molecule has 1 aromatic carbocycles. The molecule has 7 nitrogen and oxygen atoms in total. The van der Waals surface area contributed by atoms with Crippen molar-refractivity contribution in [3.8, 4) is 0 Å². The van der Waals surface area contributed by atoms with Gasteiger partial charge in [-0.3, -0.25) is 14.4 Å². The number of para-hydroxylation sites is 1. The first-order valence-corrected chi connectivity index (χ1v) is 7.01. The van der Waals surface area contributed by atoms with Crippen molar-refractivity contribution >= 4 is 34.8 Å². The average Bonchev–Trinajstić information content (AvgIpc) is 2.87. The highest BCUT2D eigenvalue weighted by Crippen LogP contribution is 2.27. The van der Waals surface area contributed by atoms with E-state index in [0.717, 1.165) is 22.3 Å². The van der Waals surface area contributed by atoms with E-state index in [1.54, 1.807) is 6.08 Å². The Kier molecular flexibility index (Phi) is 4.80. The summed E-state index contributed by atoms with van der Waals surface area (Å²) in [6.07, 6.45) is 3.43. The van der Waals surface area contributed by atoms with Crippen LogP contribution in [0.2, 0.25) is 0 Å². The number of benzene rings is 1. The Balaban J connectivity index is 2.24. The van der Waals surface area contributed by atoms with Crippen molar-refractivity contribution in [1.82, 2.24) is 5.32 Å². The molecule has 5 N–H and O–H groups in total. The Hall–Kier alpha value is -3.09. The zero-order chi connectivity index (χ0) is 17.0. The van der Waals surface area contributed by atoms with Gasteiger partial charge in [0.25, 0.3) is 0 Å². The summed E-state index contributed by atoms with van der Waals surface area (Å²) in [5.74, 6) is -1.94. The summed E-state index contributed by atoms with van der Waals surface area (Å²) in [4.78, 5) is 34.0. The number of amides is 3. The Labute approximate surface area is 132 Å². The third kappa shape index (κ3) is 3.57. The molecular weight excluding hydrogens is 298 g/mol. The van der Waals surface area contributed by atoms with Gasteiger partial charge in [-0.15, -0.1) is 0 Å². The SMILES string of the molecule is CCc1oc2ccccc2c1/C=C/C(=O)NC(C(N)=O)C(N)=O. The van der Waals surface area contributed by atoms with E-state index in [4.69, 9.17) is 15.9 Å². The standard InChI is InChI=1S/C16H17N3O4/c1-2-11-10(9-5-3-4-6-12(9)23-11)7-8-13(20)19-14(15(17)21)16(18)22/h3-8,14H,2H2,1H3,(H2,17,21)(H2,18,22)(H,19,20)/b8-7+. The summed E-state index contributed by atoms with van der Waals surface area (Å²) in [6, 6.07) is 5.90. The van der Waals surface area contributed by atoms with Crippen LogP contribution in [0.3, 0.4) is 0 Å². The normalized spacial score (nSPS) is 11.2. The molecule has 2 rings (SSSR count). The topological polar surface area (TPSA) is 128 Å². The molecule has 23 heavy (non-hydrogen) atoms. The quantitative estimate of drug-likeness (QED) is 0.528. The lowest BCUT2D eigenvalue weighted by Gasteiger charge is -2.09. The number of nitrogens with two attached hydrogens (primary N) is 2. The highest BCUT2D eigenvalue weighted by molar-refractivity contribution is 6.07. The third-order valence-electron chi connectivity index (χ3n) is 3.29. The minimum Gasteiger partial charge on any atom is -0.460 e. The molecule has 0 fully saturated rings. The number of fused-ring (bicyclic) bond motifs is 1. The molecule has 0 aliphatic carbocycles. The second-order valence-corrected chi connectivity index (χ2v) is 4.87. The van der Waals surface area contributed by atoms with E-state index in [2.05, 4.69) is 5.32 Å². The van der Waals surface area contributed by atoms with Crippen molar-refractivity contribution < 1.29 is 18.8 Å². The number of hydrogen-bond acceptors (Lipinski definition) is 4. The maximum atomic E-state index is 11.8. The summed E-state index contributed by atoms with van der Waals surface area (Å²) >= 11 is 0. The molecule has 0 saturated heterocycles. The smallest absolute Gasteiger partial charge is 0.249 e. The van der Waals surface area contributed by atoms with E-state index in [9.17, 15) is 14.4 Å². The highest BCUT2D eigenvalue weighted by atomic mass is 16.3. The van der Waals surface area contributed by atoms with Crippen LogP contribution in [0.1, 0.15) is 18.2 Å². The number of carbonyl (C=O) groups excluding carboxylic acids is 3. The van der Waals surface area contributed by atoms with Crippen molar-refractivity contribution in [1.29, 1.82) is 0 Å². The number of carbonyl (C=O) groups is 3. The van der Waals surface area contributed by atoms with Crippen molar-refractivity contribution in [2.24, 2.45) is 11.5 Å². The molecule has 0 aliphatic rings. The van der Waals surface area contributed by atoms with Crippen LogP contribution in [0.25, 0.3) is 17.0 Å². The zero-order valence-electron chi connectivity index (χ0n) is 12.5. The van der Waals surface area contributed by atoms with Gasteiger partial charge >= 0.3 is 0 Å². The predicted octanol–water partition coefficient (Wildman–Crippen LogP) is 0.464. The lowest BCUT2D eigenvalue weighted by atomic mass is 10.1. The van der Waals surface area contributed by atoms with Crippen molar-refractivity contribution in [3.05, 3.63) is 41.7 Å². The molecule has 0 unspecified atom stereocenters. The number of hydrogen-bond donors (Lipinski definition) is 3. The minimum atomic E-state index is -1.54. The van der Waals surface area contributed by atoms with Crippen LogP contribution in [0.4, 0.5) is 0 Å². The summed E-state index contributed by atoms with van der Waals surface area (Å²) in [5, 5.41) is 3.03. The Morgan fingerprint density at radius 1 is 1.22 bits per heavy atom. The molecule has 120 valence electrons. The van der Waals surface area contributed by atoms with Crippen molar-refractivity contribution in [2.45, 2.75) is 19.4 Å². The molecule has 0 aliphatic heterocycles. The lowest BCUT2D eigenvalue weighted by molar-refractivity contribution is -0.132. The van der Waals surface area contributed by atoms with Gasteiger partial charge in [0, 0.05) is 23.4 Å². The number of nitrogens with one attached hydrogen (secondary N) is 1. The Morgan fingerprint density at radius 2 is 1.87 bits per heavy atom. The number of aryl methyl sites for hydroxylation is 1. The Bertz CT molecular complexity index is 778. The molecule has 0 spiro atoms. The van der Waals surface area contributed by atoms with Gasteiger partial charge in [0.2, 0.25) is 17.7 Å².